The van der Waals surface area contributed by atoms with Gasteiger partial charge in [-0.25, -0.2) is 0 Å². The summed E-state index contributed by atoms with van der Waals surface area (Å²) in [6.07, 6.45) is 0.657. The third kappa shape index (κ3) is 2.68. The first-order valence-corrected chi connectivity index (χ1v) is 7.11. The van der Waals surface area contributed by atoms with Crippen molar-refractivity contribution in [1.82, 2.24) is 0 Å². The third-order valence-corrected chi connectivity index (χ3v) is 4.20. The quantitative estimate of drug-likeness (QED) is 0.836. The Morgan fingerprint density at radius 2 is 1.55 bits per heavy atom. The second kappa shape index (κ2) is 6.06. The predicted molar refractivity (Wildman–Crippen MR) is 85.3 cm³/mol. The lowest BCUT2D eigenvalue weighted by atomic mass is 9.75. The first kappa shape index (κ1) is 14.5. The van der Waals surface area contributed by atoms with Crippen molar-refractivity contribution in [2.45, 2.75) is 25.9 Å². The van der Waals surface area contributed by atoms with Crippen molar-refractivity contribution in [2.24, 2.45) is 5.92 Å². The van der Waals surface area contributed by atoms with Crippen molar-refractivity contribution < 1.29 is 5.11 Å². The van der Waals surface area contributed by atoms with Crippen LogP contribution in [0.3, 0.4) is 0 Å². The van der Waals surface area contributed by atoms with Crippen molar-refractivity contribution >= 4 is 5.57 Å². The topological polar surface area (TPSA) is 20.2 Å². The Balaban J connectivity index is 2.34. The molecule has 0 bridgehead atoms. The average molecular weight is 266 g/mol. The number of hydrogen-bond acceptors (Lipinski definition) is 1. The molecule has 0 heterocycles. The summed E-state index contributed by atoms with van der Waals surface area (Å²) in [6, 6.07) is 19.9. The lowest BCUT2D eigenvalue weighted by molar-refractivity contribution is 0.000542. The van der Waals surface area contributed by atoms with Crippen molar-refractivity contribution in [3.8, 4) is 0 Å². The van der Waals surface area contributed by atoms with Gasteiger partial charge in [0.1, 0.15) is 0 Å². The lowest BCUT2D eigenvalue weighted by Crippen LogP contribution is -2.33. The van der Waals surface area contributed by atoms with E-state index in [9.17, 15) is 5.11 Å². The van der Waals surface area contributed by atoms with Gasteiger partial charge in [-0.15, -0.1) is 0 Å². The zero-order valence-electron chi connectivity index (χ0n) is 12.2. The molecule has 0 aromatic heterocycles. The minimum absolute atomic E-state index is 0.0442. The van der Waals surface area contributed by atoms with Gasteiger partial charge in [-0.1, -0.05) is 81.1 Å². The monoisotopic (exact) mass is 266 g/mol. The molecule has 0 radical (unpaired) electrons. The first-order valence-electron chi connectivity index (χ1n) is 7.11. The smallest absolute Gasteiger partial charge is 0.0959 e. The summed E-state index contributed by atoms with van der Waals surface area (Å²) in [5, 5.41) is 11.1. The normalized spacial score (nSPS) is 15.3. The molecule has 1 N–H and O–H groups in total. The maximum Gasteiger partial charge on any atom is 0.0959 e. The van der Waals surface area contributed by atoms with Gasteiger partial charge in [-0.05, 0) is 23.1 Å². The minimum atomic E-state index is -0.881. The van der Waals surface area contributed by atoms with Crippen molar-refractivity contribution in [3.63, 3.8) is 0 Å². The Bertz CT molecular complexity index is 559. The summed E-state index contributed by atoms with van der Waals surface area (Å²) in [5.41, 5.74) is 2.13. The van der Waals surface area contributed by atoms with Gasteiger partial charge in [-0.2, -0.15) is 0 Å². The summed E-state index contributed by atoms with van der Waals surface area (Å²) in [5.74, 6) is -0.0442. The number of aliphatic hydroxyl groups is 1. The maximum atomic E-state index is 11.1. The second-order valence-corrected chi connectivity index (χ2v) is 5.26. The van der Waals surface area contributed by atoms with Crippen LogP contribution in [0.2, 0.25) is 0 Å². The molecule has 0 saturated heterocycles. The standard InChI is InChI=1S/C19H22O/c1-4-19(20,18-13-9-6-10-14-18)16(3)15(2)17-11-7-5-8-12-17/h5-14,16,20H,2,4H2,1,3H3/t16-,19+/m1/s1. The Morgan fingerprint density at radius 1 is 1.05 bits per heavy atom. The van der Waals surface area contributed by atoms with Crippen LogP contribution in [-0.2, 0) is 5.60 Å². The molecule has 2 rings (SSSR count). The van der Waals surface area contributed by atoms with E-state index in [0.29, 0.717) is 6.42 Å². The van der Waals surface area contributed by atoms with E-state index in [0.717, 1.165) is 16.7 Å². The van der Waals surface area contributed by atoms with E-state index >= 15 is 0 Å². The molecule has 0 amide bonds. The first-order chi connectivity index (χ1) is 9.59. The maximum absolute atomic E-state index is 11.1. The summed E-state index contributed by atoms with van der Waals surface area (Å²) < 4.78 is 0. The zero-order valence-corrected chi connectivity index (χ0v) is 12.2. The van der Waals surface area contributed by atoms with Crippen molar-refractivity contribution in [2.75, 3.05) is 0 Å². The fourth-order valence-electron chi connectivity index (χ4n) is 2.68. The molecule has 2 aromatic carbocycles. The summed E-state index contributed by atoms with van der Waals surface area (Å²) >= 11 is 0. The fraction of sp³-hybridized carbons (Fsp3) is 0.263. The van der Waals surface area contributed by atoms with Gasteiger partial charge in [0.15, 0.2) is 0 Å². The van der Waals surface area contributed by atoms with Gasteiger partial charge >= 0.3 is 0 Å². The largest absolute Gasteiger partial charge is 0.385 e. The molecule has 1 heteroatoms. The van der Waals surface area contributed by atoms with Crippen molar-refractivity contribution in [1.29, 1.82) is 0 Å². The molecule has 104 valence electrons. The van der Waals surface area contributed by atoms with Crippen LogP contribution in [0, 0.1) is 5.92 Å². The van der Waals surface area contributed by atoms with Crippen LogP contribution in [0.4, 0.5) is 0 Å². The van der Waals surface area contributed by atoms with Gasteiger partial charge in [0.05, 0.1) is 5.60 Å². The molecule has 0 aliphatic carbocycles. The molecule has 0 unspecified atom stereocenters. The molecule has 0 spiro atoms. The molecule has 1 nitrogen and oxygen atoms in total. The fourth-order valence-corrected chi connectivity index (χ4v) is 2.68. The molecule has 2 aromatic rings. The Hall–Kier alpha value is -1.86. The molecule has 20 heavy (non-hydrogen) atoms. The van der Waals surface area contributed by atoms with Gasteiger partial charge < -0.3 is 5.11 Å². The Kier molecular flexibility index (Phi) is 4.41. The highest BCUT2D eigenvalue weighted by Gasteiger charge is 2.35. The number of rotatable bonds is 5. The molecule has 0 aliphatic rings. The van der Waals surface area contributed by atoms with E-state index in [-0.39, 0.29) is 5.92 Å². The summed E-state index contributed by atoms with van der Waals surface area (Å²) in [7, 11) is 0. The van der Waals surface area contributed by atoms with E-state index in [1.165, 1.54) is 0 Å². The second-order valence-electron chi connectivity index (χ2n) is 5.26. The van der Waals surface area contributed by atoms with E-state index < -0.39 is 5.60 Å². The SMILES string of the molecule is C=C(c1ccccc1)[C@@H](C)[C@@](O)(CC)c1ccccc1. The van der Waals surface area contributed by atoms with Gasteiger partial charge in [-0.3, -0.25) is 0 Å². The van der Waals surface area contributed by atoms with Crippen LogP contribution in [0.15, 0.2) is 67.2 Å². The van der Waals surface area contributed by atoms with Crippen LogP contribution < -0.4 is 0 Å². The van der Waals surface area contributed by atoms with Gasteiger partial charge in [0, 0.05) is 5.92 Å². The zero-order chi connectivity index (χ0) is 14.6. The average Bonchev–Trinajstić information content (AvgIpc) is 2.54. The van der Waals surface area contributed by atoms with Crippen LogP contribution >= 0.6 is 0 Å². The molecule has 0 saturated carbocycles. The van der Waals surface area contributed by atoms with E-state index in [1.807, 2.05) is 74.5 Å². The lowest BCUT2D eigenvalue weighted by Gasteiger charge is -2.35. The molecular weight excluding hydrogens is 244 g/mol. The van der Waals surface area contributed by atoms with Crippen LogP contribution in [-0.4, -0.2) is 5.11 Å². The number of benzene rings is 2. The number of hydrogen-bond donors (Lipinski definition) is 1. The highest BCUT2D eigenvalue weighted by molar-refractivity contribution is 5.66. The van der Waals surface area contributed by atoms with Gasteiger partial charge in [0.25, 0.3) is 0 Å². The Labute approximate surface area is 121 Å². The third-order valence-electron chi connectivity index (χ3n) is 4.20. The predicted octanol–water partition coefficient (Wildman–Crippen LogP) is 4.63. The van der Waals surface area contributed by atoms with Crippen LogP contribution in [0.5, 0.6) is 0 Å². The summed E-state index contributed by atoms with van der Waals surface area (Å²) in [6.45, 7) is 8.27. The van der Waals surface area contributed by atoms with Crippen LogP contribution in [0.1, 0.15) is 31.4 Å². The molecular formula is C19H22O. The highest BCUT2D eigenvalue weighted by atomic mass is 16.3. The van der Waals surface area contributed by atoms with E-state index in [2.05, 4.69) is 6.58 Å². The Morgan fingerprint density at radius 3 is 2.05 bits per heavy atom. The molecule has 2 atom stereocenters. The highest BCUT2D eigenvalue weighted by Crippen LogP contribution is 2.39. The minimum Gasteiger partial charge on any atom is -0.385 e. The molecule has 0 aliphatic heterocycles. The van der Waals surface area contributed by atoms with E-state index in [4.69, 9.17) is 0 Å². The van der Waals surface area contributed by atoms with Crippen LogP contribution in [0.25, 0.3) is 5.57 Å². The summed E-state index contributed by atoms with van der Waals surface area (Å²) in [4.78, 5) is 0. The van der Waals surface area contributed by atoms with E-state index in [1.54, 1.807) is 0 Å². The van der Waals surface area contributed by atoms with Crippen molar-refractivity contribution in [3.05, 3.63) is 78.4 Å². The molecule has 0 fully saturated rings. The van der Waals surface area contributed by atoms with Gasteiger partial charge in [0.2, 0.25) is 0 Å².